The first-order valence-corrected chi connectivity index (χ1v) is 9.05. The lowest BCUT2D eigenvalue weighted by Crippen LogP contribution is -2.40. The molecule has 3 rings (SSSR count). The number of nitrogens with one attached hydrogen (secondary N) is 1. The summed E-state index contributed by atoms with van der Waals surface area (Å²) in [6, 6.07) is 3.96. The van der Waals surface area contributed by atoms with Crippen molar-refractivity contribution in [2.45, 2.75) is 18.9 Å². The quantitative estimate of drug-likeness (QED) is 0.915. The number of amides is 2. The zero-order valence-corrected chi connectivity index (χ0v) is 13.7. The van der Waals surface area contributed by atoms with Gasteiger partial charge in [-0.3, -0.25) is 0 Å². The molecule has 2 aliphatic rings. The van der Waals surface area contributed by atoms with Gasteiger partial charge in [-0.05, 0) is 25.0 Å². The average Bonchev–Trinajstić information content (AvgIpc) is 3.08. The van der Waals surface area contributed by atoms with Gasteiger partial charge >= 0.3 is 6.03 Å². The number of carbonyl (C=O) groups excluding carboxylic acids is 1. The molecule has 23 heavy (non-hydrogen) atoms. The molecule has 126 valence electrons. The van der Waals surface area contributed by atoms with Gasteiger partial charge in [0, 0.05) is 37.3 Å². The number of hydrogen-bond acceptors (Lipinski definition) is 4. The van der Waals surface area contributed by atoms with Gasteiger partial charge in [0.2, 0.25) is 0 Å². The maximum absolute atomic E-state index is 13.5. The van der Waals surface area contributed by atoms with Crippen molar-refractivity contribution in [1.82, 2.24) is 4.90 Å². The van der Waals surface area contributed by atoms with Gasteiger partial charge in [0.1, 0.15) is 18.2 Å². The monoisotopic (exact) mass is 340 g/mol. The second-order valence-electron chi connectivity index (χ2n) is 5.62. The summed E-state index contributed by atoms with van der Waals surface area (Å²) in [5, 5.41) is 2.77. The number of urea groups is 1. The molecule has 2 saturated heterocycles. The van der Waals surface area contributed by atoms with Gasteiger partial charge in [-0.25, -0.2) is 9.18 Å². The molecule has 0 aliphatic carbocycles. The molecule has 0 spiro atoms. The Morgan fingerprint density at radius 2 is 2.26 bits per heavy atom. The minimum atomic E-state index is -0.404. The zero-order valence-electron chi connectivity index (χ0n) is 12.9. The van der Waals surface area contributed by atoms with Crippen molar-refractivity contribution < 1.29 is 18.7 Å². The van der Waals surface area contributed by atoms with E-state index >= 15 is 0 Å². The summed E-state index contributed by atoms with van der Waals surface area (Å²) in [5.41, 5.74) is 0.367. The summed E-state index contributed by atoms with van der Waals surface area (Å²) < 4.78 is 24.8. The third-order valence-electron chi connectivity index (χ3n) is 3.93. The predicted octanol–water partition coefficient (Wildman–Crippen LogP) is 2.96. The minimum absolute atomic E-state index is 0.0720. The van der Waals surface area contributed by atoms with Gasteiger partial charge in [-0.1, -0.05) is 0 Å². The first-order chi connectivity index (χ1) is 11.2. The summed E-state index contributed by atoms with van der Waals surface area (Å²) >= 11 is 1.83. The lowest BCUT2D eigenvalue weighted by molar-refractivity contribution is 0.0682. The van der Waals surface area contributed by atoms with E-state index in [0.29, 0.717) is 31.1 Å². The molecule has 0 unspecified atom stereocenters. The molecule has 2 fully saturated rings. The molecule has 1 aromatic carbocycles. The van der Waals surface area contributed by atoms with Crippen LogP contribution in [0.4, 0.5) is 14.9 Å². The van der Waals surface area contributed by atoms with Crippen molar-refractivity contribution in [2.75, 3.05) is 43.1 Å². The van der Waals surface area contributed by atoms with Gasteiger partial charge in [0.05, 0.1) is 11.8 Å². The van der Waals surface area contributed by atoms with Crippen LogP contribution in [0, 0.1) is 5.82 Å². The highest BCUT2D eigenvalue weighted by Crippen LogP contribution is 2.27. The van der Waals surface area contributed by atoms with E-state index in [1.165, 1.54) is 12.1 Å². The highest BCUT2D eigenvalue weighted by Gasteiger charge is 2.20. The largest absolute Gasteiger partial charge is 0.489 e. The standard InChI is InChI=1S/C16H21FN2O3S/c17-12-3-4-15(22-11-13-2-1-7-21-13)14(10-12)18-16(20)19-5-8-23-9-6-19/h3-4,10,13H,1-2,5-9,11H2,(H,18,20)/t13-/m0/s1. The number of halogens is 1. The molecule has 2 heterocycles. The smallest absolute Gasteiger partial charge is 0.322 e. The van der Waals surface area contributed by atoms with Crippen LogP contribution in [0.5, 0.6) is 5.75 Å². The Morgan fingerprint density at radius 3 is 3.00 bits per heavy atom. The number of benzene rings is 1. The number of nitrogens with zero attached hydrogens (tertiary/aromatic N) is 1. The summed E-state index contributed by atoms with van der Waals surface area (Å²) in [6.45, 7) is 2.58. The van der Waals surface area contributed by atoms with Crippen molar-refractivity contribution in [3.63, 3.8) is 0 Å². The third kappa shape index (κ3) is 4.51. The Hall–Kier alpha value is -1.47. The summed E-state index contributed by atoms with van der Waals surface area (Å²) in [5.74, 6) is 1.93. The lowest BCUT2D eigenvalue weighted by Gasteiger charge is -2.27. The van der Waals surface area contributed by atoms with E-state index in [2.05, 4.69) is 5.32 Å². The van der Waals surface area contributed by atoms with E-state index in [1.54, 1.807) is 11.0 Å². The number of ether oxygens (including phenoxy) is 2. The zero-order chi connectivity index (χ0) is 16.1. The molecular weight excluding hydrogens is 319 g/mol. The average molecular weight is 340 g/mol. The maximum atomic E-state index is 13.5. The van der Waals surface area contributed by atoms with Crippen LogP contribution in [0.25, 0.3) is 0 Å². The Kier molecular flexibility index (Phi) is 5.61. The summed E-state index contributed by atoms with van der Waals surface area (Å²) in [6.07, 6.45) is 2.07. The fourth-order valence-electron chi connectivity index (χ4n) is 2.64. The second-order valence-corrected chi connectivity index (χ2v) is 6.84. The minimum Gasteiger partial charge on any atom is -0.489 e. The highest BCUT2D eigenvalue weighted by atomic mass is 32.2. The Labute approximate surface area is 139 Å². The lowest BCUT2D eigenvalue weighted by atomic mass is 10.2. The molecule has 0 saturated carbocycles. The normalized spacial score (nSPS) is 21.3. The van der Waals surface area contributed by atoms with Gasteiger partial charge in [-0.15, -0.1) is 0 Å². The van der Waals surface area contributed by atoms with Crippen LogP contribution < -0.4 is 10.1 Å². The predicted molar refractivity (Wildman–Crippen MR) is 88.8 cm³/mol. The number of hydrogen-bond donors (Lipinski definition) is 1. The van der Waals surface area contributed by atoms with Crippen LogP contribution in [-0.2, 0) is 4.74 Å². The Morgan fingerprint density at radius 1 is 1.43 bits per heavy atom. The molecule has 7 heteroatoms. The molecule has 1 atom stereocenters. The summed E-state index contributed by atoms with van der Waals surface area (Å²) in [4.78, 5) is 14.0. The Balaban J connectivity index is 1.64. The second kappa shape index (κ2) is 7.88. The van der Waals surface area contributed by atoms with Crippen LogP contribution in [0.15, 0.2) is 18.2 Å². The molecule has 0 aromatic heterocycles. The highest BCUT2D eigenvalue weighted by molar-refractivity contribution is 7.99. The molecule has 0 bridgehead atoms. The van der Waals surface area contributed by atoms with Crippen molar-refractivity contribution in [3.8, 4) is 5.75 Å². The van der Waals surface area contributed by atoms with E-state index in [1.807, 2.05) is 11.8 Å². The fourth-order valence-corrected chi connectivity index (χ4v) is 3.55. The number of anilines is 1. The molecule has 1 aromatic rings. The van der Waals surface area contributed by atoms with E-state index < -0.39 is 5.82 Å². The van der Waals surface area contributed by atoms with Crippen molar-refractivity contribution >= 4 is 23.5 Å². The van der Waals surface area contributed by atoms with E-state index in [9.17, 15) is 9.18 Å². The topological polar surface area (TPSA) is 50.8 Å². The van der Waals surface area contributed by atoms with Gasteiger partial charge in [0.15, 0.2) is 0 Å². The van der Waals surface area contributed by atoms with Gasteiger partial charge < -0.3 is 19.7 Å². The molecule has 5 nitrogen and oxygen atoms in total. The summed E-state index contributed by atoms with van der Waals surface area (Å²) in [7, 11) is 0. The number of rotatable bonds is 4. The molecular formula is C16H21FN2O3S. The molecule has 2 aliphatic heterocycles. The maximum Gasteiger partial charge on any atom is 0.322 e. The molecule has 1 N–H and O–H groups in total. The van der Waals surface area contributed by atoms with Crippen LogP contribution in [0.1, 0.15) is 12.8 Å². The van der Waals surface area contributed by atoms with E-state index in [4.69, 9.17) is 9.47 Å². The number of carbonyl (C=O) groups is 1. The molecule has 2 amide bonds. The first-order valence-electron chi connectivity index (χ1n) is 7.90. The first kappa shape index (κ1) is 16.4. The van der Waals surface area contributed by atoms with E-state index in [-0.39, 0.29) is 12.1 Å². The van der Waals surface area contributed by atoms with Crippen LogP contribution >= 0.6 is 11.8 Å². The van der Waals surface area contributed by atoms with Gasteiger partial charge in [-0.2, -0.15) is 11.8 Å². The van der Waals surface area contributed by atoms with Crippen LogP contribution in [0.3, 0.4) is 0 Å². The van der Waals surface area contributed by atoms with Crippen molar-refractivity contribution in [2.24, 2.45) is 0 Å². The SMILES string of the molecule is O=C(Nc1cc(F)ccc1OC[C@@H]1CCCO1)N1CCSCC1. The van der Waals surface area contributed by atoms with Crippen LogP contribution in [-0.4, -0.2) is 54.8 Å². The van der Waals surface area contributed by atoms with Gasteiger partial charge in [0.25, 0.3) is 0 Å². The Bertz CT molecular complexity index is 546. The fraction of sp³-hybridized carbons (Fsp3) is 0.562. The number of thioether (sulfide) groups is 1. The van der Waals surface area contributed by atoms with Crippen molar-refractivity contribution in [3.05, 3.63) is 24.0 Å². The third-order valence-corrected chi connectivity index (χ3v) is 4.87. The molecule has 0 radical (unpaired) electrons. The van der Waals surface area contributed by atoms with Crippen LogP contribution in [0.2, 0.25) is 0 Å². The van der Waals surface area contributed by atoms with E-state index in [0.717, 1.165) is 31.0 Å². The van der Waals surface area contributed by atoms with Crippen molar-refractivity contribution in [1.29, 1.82) is 0 Å².